The molecule has 0 unspecified atom stereocenters. The molecule has 0 atom stereocenters. The first-order valence-corrected chi connectivity index (χ1v) is 3.71. The molecule has 0 spiro atoms. The Morgan fingerprint density at radius 3 is 2.09 bits per heavy atom. The Morgan fingerprint density at radius 2 is 1.91 bits per heavy atom. The average Bonchev–Trinajstić information content (AvgIpc) is 2.08. The van der Waals surface area contributed by atoms with Gasteiger partial charge in [0.05, 0.1) is 5.60 Å². The van der Waals surface area contributed by atoms with Gasteiger partial charge in [0.1, 0.15) is 11.5 Å². The van der Waals surface area contributed by atoms with E-state index in [4.69, 9.17) is 4.42 Å². The predicted molar refractivity (Wildman–Crippen MR) is 43.4 cm³/mol. The van der Waals surface area contributed by atoms with Crippen LogP contribution in [0.1, 0.15) is 30.9 Å². The third kappa shape index (κ3) is 1.63. The second-order valence-electron chi connectivity index (χ2n) is 3.39. The smallest absolute Gasteiger partial charge is 0.107 e. The van der Waals surface area contributed by atoms with Gasteiger partial charge >= 0.3 is 0 Å². The zero-order valence-corrected chi connectivity index (χ0v) is 7.43. The molecule has 1 N–H and O–H groups in total. The van der Waals surface area contributed by atoms with E-state index >= 15 is 0 Å². The van der Waals surface area contributed by atoms with Gasteiger partial charge in [0.2, 0.25) is 0 Å². The molecule has 2 heteroatoms. The first kappa shape index (κ1) is 8.34. The minimum atomic E-state index is -0.790. The Morgan fingerprint density at radius 1 is 1.36 bits per heavy atom. The van der Waals surface area contributed by atoms with Crippen LogP contribution < -0.4 is 0 Å². The van der Waals surface area contributed by atoms with E-state index in [-0.39, 0.29) is 0 Å². The van der Waals surface area contributed by atoms with Gasteiger partial charge in [-0.3, -0.25) is 0 Å². The molecule has 1 aromatic heterocycles. The monoisotopic (exact) mass is 154 g/mol. The van der Waals surface area contributed by atoms with Crippen molar-refractivity contribution in [1.82, 2.24) is 0 Å². The molecule has 1 rings (SSSR count). The van der Waals surface area contributed by atoms with Gasteiger partial charge in [0, 0.05) is 5.56 Å². The fourth-order valence-corrected chi connectivity index (χ4v) is 1.24. The van der Waals surface area contributed by atoms with Gasteiger partial charge in [0.25, 0.3) is 0 Å². The van der Waals surface area contributed by atoms with Crippen molar-refractivity contribution < 1.29 is 9.52 Å². The topological polar surface area (TPSA) is 33.4 Å². The minimum absolute atomic E-state index is 0.790. The Kier molecular flexibility index (Phi) is 1.80. The Labute approximate surface area is 66.8 Å². The first-order chi connectivity index (χ1) is 4.91. The zero-order valence-electron chi connectivity index (χ0n) is 7.43. The molecular formula is C9H14O2. The molecule has 1 heterocycles. The highest BCUT2D eigenvalue weighted by Gasteiger charge is 2.21. The fraction of sp³-hybridized carbons (Fsp3) is 0.556. The summed E-state index contributed by atoms with van der Waals surface area (Å²) < 4.78 is 5.28. The number of aryl methyl sites for hydroxylation is 2. The van der Waals surface area contributed by atoms with Crippen molar-refractivity contribution in [3.8, 4) is 0 Å². The molecular weight excluding hydrogens is 140 g/mol. The number of rotatable bonds is 1. The first-order valence-electron chi connectivity index (χ1n) is 3.71. The van der Waals surface area contributed by atoms with Crippen molar-refractivity contribution in [2.75, 3.05) is 0 Å². The molecule has 0 bridgehead atoms. The quantitative estimate of drug-likeness (QED) is 0.672. The lowest BCUT2D eigenvalue weighted by molar-refractivity contribution is 0.0770. The number of aliphatic hydroxyl groups is 1. The van der Waals surface area contributed by atoms with Crippen LogP contribution in [0, 0.1) is 13.8 Å². The molecule has 0 aliphatic carbocycles. The highest BCUT2D eigenvalue weighted by Crippen LogP contribution is 2.25. The third-order valence-electron chi connectivity index (χ3n) is 1.70. The maximum atomic E-state index is 9.62. The molecule has 2 nitrogen and oxygen atoms in total. The van der Waals surface area contributed by atoms with Crippen LogP contribution in [0.5, 0.6) is 0 Å². The second-order valence-corrected chi connectivity index (χ2v) is 3.39. The van der Waals surface area contributed by atoms with Crippen LogP contribution in [0.3, 0.4) is 0 Å². The van der Waals surface area contributed by atoms with Crippen LogP contribution >= 0.6 is 0 Å². The van der Waals surface area contributed by atoms with Crippen molar-refractivity contribution in [3.05, 3.63) is 23.2 Å². The highest BCUT2D eigenvalue weighted by molar-refractivity contribution is 5.25. The molecule has 0 fully saturated rings. The number of hydrogen-bond donors (Lipinski definition) is 1. The van der Waals surface area contributed by atoms with E-state index in [9.17, 15) is 5.11 Å². The lowest BCUT2D eigenvalue weighted by Crippen LogP contribution is -2.15. The molecule has 0 saturated carbocycles. The molecule has 1 aromatic rings. The summed E-state index contributed by atoms with van der Waals surface area (Å²) in [6, 6.07) is 1.87. The Balaban J connectivity index is 3.13. The van der Waals surface area contributed by atoms with Crippen molar-refractivity contribution in [3.63, 3.8) is 0 Å². The third-order valence-corrected chi connectivity index (χ3v) is 1.70. The predicted octanol–water partition coefficient (Wildman–Crippen LogP) is 2.12. The number of hydrogen-bond acceptors (Lipinski definition) is 2. The summed E-state index contributed by atoms with van der Waals surface area (Å²) in [5.41, 5.74) is 0.0805. The van der Waals surface area contributed by atoms with Gasteiger partial charge in [-0.1, -0.05) is 0 Å². The summed E-state index contributed by atoms with van der Waals surface area (Å²) in [4.78, 5) is 0. The summed E-state index contributed by atoms with van der Waals surface area (Å²) in [7, 11) is 0. The van der Waals surface area contributed by atoms with Gasteiger partial charge in [-0.15, -0.1) is 0 Å². The Bertz CT molecular complexity index is 253. The minimum Gasteiger partial charge on any atom is -0.466 e. The molecule has 0 saturated heterocycles. The van der Waals surface area contributed by atoms with Crippen LogP contribution in [0.4, 0.5) is 0 Å². The van der Waals surface area contributed by atoms with Crippen LogP contribution in [-0.2, 0) is 5.60 Å². The van der Waals surface area contributed by atoms with Crippen LogP contribution in [-0.4, -0.2) is 5.11 Å². The summed E-state index contributed by atoms with van der Waals surface area (Å²) >= 11 is 0. The maximum absolute atomic E-state index is 9.62. The fourth-order valence-electron chi connectivity index (χ4n) is 1.24. The van der Waals surface area contributed by atoms with Gasteiger partial charge in [0.15, 0.2) is 0 Å². The molecule has 11 heavy (non-hydrogen) atoms. The number of furan rings is 1. The van der Waals surface area contributed by atoms with Gasteiger partial charge in [-0.05, 0) is 33.8 Å². The summed E-state index contributed by atoms with van der Waals surface area (Å²) in [6.45, 7) is 7.25. The van der Waals surface area contributed by atoms with E-state index in [0.717, 1.165) is 17.1 Å². The largest absolute Gasteiger partial charge is 0.466 e. The lowest BCUT2D eigenvalue weighted by atomic mass is 9.99. The van der Waals surface area contributed by atoms with E-state index in [2.05, 4.69) is 0 Å². The standard InChI is InChI=1S/C9H14O2/c1-6-5-8(7(2)11-6)9(3,4)10/h5,10H,1-4H3. The van der Waals surface area contributed by atoms with Crippen LogP contribution in [0.25, 0.3) is 0 Å². The van der Waals surface area contributed by atoms with Crippen molar-refractivity contribution in [1.29, 1.82) is 0 Å². The average molecular weight is 154 g/mol. The zero-order chi connectivity index (χ0) is 8.65. The van der Waals surface area contributed by atoms with E-state index in [1.54, 1.807) is 13.8 Å². The van der Waals surface area contributed by atoms with Crippen LogP contribution in [0.15, 0.2) is 10.5 Å². The molecule has 0 aliphatic rings. The van der Waals surface area contributed by atoms with Gasteiger partial charge in [-0.2, -0.15) is 0 Å². The van der Waals surface area contributed by atoms with E-state index in [1.807, 2.05) is 19.9 Å². The summed E-state index contributed by atoms with van der Waals surface area (Å²) in [6.07, 6.45) is 0. The SMILES string of the molecule is Cc1cc(C(C)(C)O)c(C)o1. The van der Waals surface area contributed by atoms with Crippen molar-refractivity contribution in [2.24, 2.45) is 0 Å². The maximum Gasteiger partial charge on any atom is 0.107 e. The van der Waals surface area contributed by atoms with Crippen LogP contribution in [0.2, 0.25) is 0 Å². The van der Waals surface area contributed by atoms with E-state index in [1.165, 1.54) is 0 Å². The Hall–Kier alpha value is -0.760. The summed E-state index contributed by atoms with van der Waals surface area (Å²) in [5.74, 6) is 1.65. The molecule has 0 radical (unpaired) electrons. The van der Waals surface area contributed by atoms with Gasteiger partial charge in [-0.25, -0.2) is 0 Å². The normalized spacial score (nSPS) is 12.1. The molecule has 0 amide bonds. The van der Waals surface area contributed by atoms with E-state index in [0.29, 0.717) is 0 Å². The van der Waals surface area contributed by atoms with Crippen molar-refractivity contribution in [2.45, 2.75) is 33.3 Å². The van der Waals surface area contributed by atoms with Gasteiger partial charge < -0.3 is 9.52 Å². The lowest BCUT2D eigenvalue weighted by Gasteiger charge is -2.15. The van der Waals surface area contributed by atoms with Crippen molar-refractivity contribution >= 4 is 0 Å². The second kappa shape index (κ2) is 2.38. The van der Waals surface area contributed by atoms with E-state index < -0.39 is 5.60 Å². The molecule has 0 aromatic carbocycles. The molecule has 62 valence electrons. The molecule has 0 aliphatic heterocycles. The summed E-state index contributed by atoms with van der Waals surface area (Å²) in [5, 5.41) is 9.62. The highest BCUT2D eigenvalue weighted by atomic mass is 16.3.